The van der Waals surface area contributed by atoms with Crippen LogP contribution in [0.3, 0.4) is 0 Å². The van der Waals surface area contributed by atoms with Crippen molar-refractivity contribution in [2.75, 3.05) is 20.8 Å². The molecule has 0 aliphatic carbocycles. The van der Waals surface area contributed by atoms with Crippen LogP contribution >= 0.6 is 0 Å². The molecular weight excluding hydrogens is 488 g/mol. The molecule has 0 amide bonds. The quantitative estimate of drug-likeness (QED) is 0.220. The highest BCUT2D eigenvalue weighted by molar-refractivity contribution is 5.90. The standard InChI is InChI=1S/C30H28O8/c1-17(2)16-37-24-11-10-19(12-26(24)35-3)20(13-27(34)36-4)28-21(31)14-22(32)29-23(33)15-25(38-30(28)29)18-8-6-5-7-9-18/h5-12,14-15,20,31-32H,1,13,16H2,2-4H3/t20-/m1/s1. The van der Waals surface area contributed by atoms with Gasteiger partial charge in [-0.05, 0) is 30.2 Å². The van der Waals surface area contributed by atoms with E-state index in [0.717, 1.165) is 11.6 Å². The topological polar surface area (TPSA) is 115 Å². The smallest absolute Gasteiger partial charge is 0.306 e. The molecule has 1 atom stereocenters. The largest absolute Gasteiger partial charge is 0.507 e. The maximum Gasteiger partial charge on any atom is 0.306 e. The van der Waals surface area contributed by atoms with Gasteiger partial charge in [-0.15, -0.1) is 0 Å². The summed E-state index contributed by atoms with van der Waals surface area (Å²) in [7, 11) is 2.75. The second-order valence-electron chi connectivity index (χ2n) is 8.86. The van der Waals surface area contributed by atoms with Crippen molar-refractivity contribution in [3.05, 3.63) is 94.2 Å². The summed E-state index contributed by atoms with van der Waals surface area (Å²) in [6.07, 6.45) is -0.196. The zero-order chi connectivity index (χ0) is 27.4. The molecule has 2 N–H and O–H groups in total. The van der Waals surface area contributed by atoms with E-state index in [9.17, 15) is 19.8 Å². The number of benzene rings is 3. The van der Waals surface area contributed by atoms with Gasteiger partial charge in [-0.1, -0.05) is 43.0 Å². The summed E-state index contributed by atoms with van der Waals surface area (Å²) in [6, 6.07) is 16.4. The first-order valence-electron chi connectivity index (χ1n) is 11.8. The van der Waals surface area contributed by atoms with Crippen molar-refractivity contribution < 1.29 is 33.6 Å². The van der Waals surface area contributed by atoms with Crippen LogP contribution in [0, 0.1) is 0 Å². The first-order chi connectivity index (χ1) is 18.2. The van der Waals surface area contributed by atoms with Gasteiger partial charge < -0.3 is 28.8 Å². The van der Waals surface area contributed by atoms with Gasteiger partial charge in [0.05, 0.1) is 20.6 Å². The van der Waals surface area contributed by atoms with Crippen LogP contribution in [0.1, 0.15) is 30.4 Å². The Morgan fingerprint density at radius 2 is 1.74 bits per heavy atom. The van der Waals surface area contributed by atoms with Gasteiger partial charge in [-0.3, -0.25) is 9.59 Å². The fourth-order valence-electron chi connectivity index (χ4n) is 4.26. The highest BCUT2D eigenvalue weighted by Crippen LogP contribution is 2.44. The molecule has 0 aliphatic heterocycles. The third-order valence-electron chi connectivity index (χ3n) is 6.07. The highest BCUT2D eigenvalue weighted by Gasteiger charge is 2.29. The average Bonchev–Trinajstić information content (AvgIpc) is 2.90. The second kappa shape index (κ2) is 11.1. The molecule has 0 aliphatic rings. The number of methoxy groups -OCH3 is 2. The Morgan fingerprint density at radius 1 is 1.00 bits per heavy atom. The SMILES string of the molecule is C=C(C)COc1ccc([C@@H](CC(=O)OC)c2c(O)cc(O)c3c(=O)cc(-c4ccccc4)oc23)cc1OC. The summed E-state index contributed by atoms with van der Waals surface area (Å²) >= 11 is 0. The molecule has 0 unspecified atom stereocenters. The summed E-state index contributed by atoms with van der Waals surface area (Å²) < 4.78 is 22.4. The zero-order valence-electron chi connectivity index (χ0n) is 21.3. The van der Waals surface area contributed by atoms with Crippen LogP contribution in [-0.2, 0) is 9.53 Å². The fourth-order valence-corrected chi connectivity index (χ4v) is 4.26. The van der Waals surface area contributed by atoms with E-state index in [1.807, 2.05) is 13.0 Å². The number of phenolic OH excluding ortho intramolecular Hbond substituents is 2. The molecule has 1 heterocycles. The van der Waals surface area contributed by atoms with Gasteiger partial charge in [-0.25, -0.2) is 0 Å². The van der Waals surface area contributed by atoms with Crippen LogP contribution in [0.4, 0.5) is 0 Å². The van der Waals surface area contributed by atoms with Crippen LogP contribution in [0.15, 0.2) is 82.0 Å². The molecule has 0 spiro atoms. The maximum atomic E-state index is 13.1. The van der Waals surface area contributed by atoms with E-state index in [4.69, 9.17) is 18.6 Å². The number of hydrogen-bond acceptors (Lipinski definition) is 8. The maximum absolute atomic E-state index is 13.1. The molecule has 4 aromatic rings. The van der Waals surface area contributed by atoms with E-state index in [1.165, 1.54) is 20.3 Å². The van der Waals surface area contributed by atoms with Crippen LogP contribution in [-0.4, -0.2) is 37.0 Å². The number of hydrogen-bond donors (Lipinski definition) is 2. The van der Waals surface area contributed by atoms with Gasteiger partial charge in [-0.2, -0.15) is 0 Å². The van der Waals surface area contributed by atoms with Gasteiger partial charge in [0.25, 0.3) is 0 Å². The molecule has 38 heavy (non-hydrogen) atoms. The van der Waals surface area contributed by atoms with Crippen molar-refractivity contribution >= 4 is 16.9 Å². The third-order valence-corrected chi connectivity index (χ3v) is 6.07. The minimum atomic E-state index is -0.830. The minimum absolute atomic E-state index is 0.0377. The first kappa shape index (κ1) is 26.3. The number of carbonyl (C=O) groups excluding carboxylic acids is 1. The Kier molecular flexibility index (Phi) is 7.71. The summed E-state index contributed by atoms with van der Waals surface area (Å²) in [5, 5.41) is 21.5. The molecule has 0 radical (unpaired) electrons. The van der Waals surface area contributed by atoms with Gasteiger partial charge in [0.2, 0.25) is 0 Å². The van der Waals surface area contributed by atoms with Crippen LogP contribution in [0.2, 0.25) is 0 Å². The van der Waals surface area contributed by atoms with E-state index in [0.29, 0.717) is 22.6 Å². The summed E-state index contributed by atoms with van der Waals surface area (Å²) in [5.41, 5.74) is 1.63. The molecular formula is C30H28O8. The van der Waals surface area contributed by atoms with Gasteiger partial charge in [0, 0.05) is 29.2 Å². The van der Waals surface area contributed by atoms with Crippen molar-refractivity contribution in [3.63, 3.8) is 0 Å². The van der Waals surface area contributed by atoms with E-state index >= 15 is 0 Å². The normalized spacial score (nSPS) is 11.7. The second-order valence-corrected chi connectivity index (χ2v) is 8.86. The molecule has 1 aromatic heterocycles. The average molecular weight is 517 g/mol. The number of rotatable bonds is 9. The van der Waals surface area contributed by atoms with Crippen molar-refractivity contribution in [3.8, 4) is 34.3 Å². The monoisotopic (exact) mass is 516 g/mol. The molecule has 0 saturated heterocycles. The summed E-state index contributed by atoms with van der Waals surface area (Å²) in [5.74, 6) is -1.07. The lowest BCUT2D eigenvalue weighted by atomic mass is 9.86. The highest BCUT2D eigenvalue weighted by atomic mass is 16.5. The number of fused-ring (bicyclic) bond motifs is 1. The Morgan fingerprint density at radius 3 is 2.39 bits per heavy atom. The van der Waals surface area contributed by atoms with E-state index in [-0.39, 0.29) is 41.1 Å². The number of carbonyl (C=O) groups is 1. The number of aromatic hydroxyl groups is 2. The molecule has 4 rings (SSSR count). The third kappa shape index (κ3) is 5.34. The predicted octanol–water partition coefficient (Wildman–Crippen LogP) is 5.53. The summed E-state index contributed by atoms with van der Waals surface area (Å²) in [6.45, 7) is 5.96. The van der Waals surface area contributed by atoms with Gasteiger partial charge in [0.1, 0.15) is 34.8 Å². The number of phenols is 2. The lowest BCUT2D eigenvalue weighted by Crippen LogP contribution is -2.13. The molecule has 8 heteroatoms. The number of ether oxygens (including phenoxy) is 3. The zero-order valence-corrected chi connectivity index (χ0v) is 21.3. The number of esters is 1. The molecule has 0 fully saturated rings. The van der Waals surface area contributed by atoms with Crippen molar-refractivity contribution in [1.82, 2.24) is 0 Å². The molecule has 196 valence electrons. The van der Waals surface area contributed by atoms with Crippen LogP contribution in [0.5, 0.6) is 23.0 Å². The summed E-state index contributed by atoms with van der Waals surface area (Å²) in [4.78, 5) is 25.7. The van der Waals surface area contributed by atoms with Crippen molar-refractivity contribution in [2.24, 2.45) is 0 Å². The van der Waals surface area contributed by atoms with Crippen LogP contribution in [0.25, 0.3) is 22.3 Å². The van der Waals surface area contributed by atoms with E-state index in [1.54, 1.807) is 42.5 Å². The molecule has 0 saturated carbocycles. The molecule has 3 aromatic carbocycles. The minimum Gasteiger partial charge on any atom is -0.507 e. The van der Waals surface area contributed by atoms with Crippen molar-refractivity contribution in [2.45, 2.75) is 19.3 Å². The first-order valence-corrected chi connectivity index (χ1v) is 11.8. The van der Waals surface area contributed by atoms with E-state index < -0.39 is 23.1 Å². The Bertz CT molecular complexity index is 1550. The van der Waals surface area contributed by atoms with Crippen molar-refractivity contribution in [1.29, 1.82) is 0 Å². The van der Waals surface area contributed by atoms with E-state index in [2.05, 4.69) is 6.58 Å². The lowest BCUT2D eigenvalue weighted by Gasteiger charge is -2.21. The lowest BCUT2D eigenvalue weighted by molar-refractivity contribution is -0.140. The van der Waals surface area contributed by atoms with Crippen LogP contribution < -0.4 is 14.9 Å². The Balaban J connectivity index is 1.97. The Labute approximate surface area is 219 Å². The van der Waals surface area contributed by atoms with Gasteiger partial charge >= 0.3 is 5.97 Å². The predicted molar refractivity (Wildman–Crippen MR) is 143 cm³/mol. The molecule has 8 nitrogen and oxygen atoms in total. The molecule has 0 bridgehead atoms. The Hall–Kier alpha value is -4.72. The fraction of sp³-hybridized carbons (Fsp3) is 0.200. The van der Waals surface area contributed by atoms with Gasteiger partial charge in [0.15, 0.2) is 16.9 Å².